The molecular formula is C11H15N3O. The van der Waals surface area contributed by atoms with Gasteiger partial charge in [0, 0.05) is 18.8 Å². The maximum atomic E-state index is 5.50. The molecule has 0 spiro atoms. The first-order valence-corrected chi connectivity index (χ1v) is 5.14. The number of hydrogen-bond acceptors (Lipinski definition) is 3. The van der Waals surface area contributed by atoms with Crippen molar-refractivity contribution in [1.29, 1.82) is 0 Å². The SMILES string of the molecule is CCOc1cccn2cc(CCN)nc12. The van der Waals surface area contributed by atoms with Crippen LogP contribution in [0.4, 0.5) is 0 Å². The van der Waals surface area contributed by atoms with Crippen LogP contribution in [0.15, 0.2) is 24.5 Å². The molecule has 15 heavy (non-hydrogen) atoms. The fraction of sp³-hybridized carbons (Fsp3) is 0.364. The maximum absolute atomic E-state index is 5.50. The normalized spacial score (nSPS) is 10.8. The number of aromatic nitrogens is 2. The Bertz CT molecular complexity index is 450. The minimum absolute atomic E-state index is 0.619. The molecule has 4 nitrogen and oxygen atoms in total. The Hall–Kier alpha value is -1.55. The van der Waals surface area contributed by atoms with Crippen molar-refractivity contribution in [3.8, 4) is 5.75 Å². The summed E-state index contributed by atoms with van der Waals surface area (Å²) in [7, 11) is 0. The molecule has 2 aromatic heterocycles. The molecule has 80 valence electrons. The van der Waals surface area contributed by atoms with E-state index in [0.717, 1.165) is 23.5 Å². The van der Waals surface area contributed by atoms with Crippen LogP contribution in [0.5, 0.6) is 5.75 Å². The second-order valence-corrected chi connectivity index (χ2v) is 3.31. The molecule has 0 saturated carbocycles. The van der Waals surface area contributed by atoms with Gasteiger partial charge in [-0.25, -0.2) is 4.98 Å². The first kappa shape index (κ1) is 9.98. The Morgan fingerprint density at radius 1 is 1.53 bits per heavy atom. The quantitative estimate of drug-likeness (QED) is 0.816. The monoisotopic (exact) mass is 205 g/mol. The Labute approximate surface area is 88.7 Å². The van der Waals surface area contributed by atoms with E-state index < -0.39 is 0 Å². The second-order valence-electron chi connectivity index (χ2n) is 3.31. The van der Waals surface area contributed by atoms with Gasteiger partial charge in [0.15, 0.2) is 11.4 Å². The lowest BCUT2D eigenvalue weighted by Gasteiger charge is -2.03. The lowest BCUT2D eigenvalue weighted by molar-refractivity contribution is 0.342. The first-order valence-electron chi connectivity index (χ1n) is 5.14. The summed E-state index contributed by atoms with van der Waals surface area (Å²) in [6, 6.07) is 3.88. The van der Waals surface area contributed by atoms with Gasteiger partial charge in [0.25, 0.3) is 0 Å². The summed E-state index contributed by atoms with van der Waals surface area (Å²) >= 11 is 0. The minimum atomic E-state index is 0.619. The highest BCUT2D eigenvalue weighted by Gasteiger charge is 2.05. The molecule has 0 aromatic carbocycles. The molecule has 0 saturated heterocycles. The number of pyridine rings is 1. The van der Waals surface area contributed by atoms with Crippen molar-refractivity contribution in [2.45, 2.75) is 13.3 Å². The largest absolute Gasteiger partial charge is 0.490 e. The summed E-state index contributed by atoms with van der Waals surface area (Å²) in [4.78, 5) is 4.48. The summed E-state index contributed by atoms with van der Waals surface area (Å²) in [5.41, 5.74) is 7.37. The highest BCUT2D eigenvalue weighted by molar-refractivity contribution is 5.54. The third kappa shape index (κ3) is 1.94. The summed E-state index contributed by atoms with van der Waals surface area (Å²) in [5.74, 6) is 0.822. The number of rotatable bonds is 4. The topological polar surface area (TPSA) is 52.5 Å². The van der Waals surface area contributed by atoms with Gasteiger partial charge in [0.1, 0.15) is 0 Å². The van der Waals surface area contributed by atoms with E-state index in [0.29, 0.717) is 13.2 Å². The van der Waals surface area contributed by atoms with Crippen molar-refractivity contribution in [2.24, 2.45) is 5.73 Å². The van der Waals surface area contributed by atoms with E-state index in [1.807, 2.05) is 35.9 Å². The zero-order valence-electron chi connectivity index (χ0n) is 8.81. The smallest absolute Gasteiger partial charge is 0.179 e. The average Bonchev–Trinajstić information content (AvgIpc) is 2.62. The van der Waals surface area contributed by atoms with Crippen LogP contribution in [0.3, 0.4) is 0 Å². The van der Waals surface area contributed by atoms with Crippen molar-refractivity contribution in [3.63, 3.8) is 0 Å². The van der Waals surface area contributed by atoms with E-state index in [1.54, 1.807) is 0 Å². The third-order valence-corrected chi connectivity index (χ3v) is 2.20. The van der Waals surface area contributed by atoms with Gasteiger partial charge >= 0.3 is 0 Å². The van der Waals surface area contributed by atoms with Crippen LogP contribution in [0.1, 0.15) is 12.6 Å². The number of nitrogens with zero attached hydrogens (tertiary/aromatic N) is 2. The summed E-state index contributed by atoms with van der Waals surface area (Å²) in [5, 5.41) is 0. The van der Waals surface area contributed by atoms with Gasteiger partial charge in [-0.1, -0.05) is 0 Å². The standard InChI is InChI=1S/C11H15N3O/c1-2-15-10-4-3-7-14-8-9(5-6-12)13-11(10)14/h3-4,7-8H,2,5-6,12H2,1H3. The van der Waals surface area contributed by atoms with Crippen molar-refractivity contribution in [2.75, 3.05) is 13.2 Å². The molecule has 0 unspecified atom stereocenters. The number of hydrogen-bond donors (Lipinski definition) is 1. The van der Waals surface area contributed by atoms with Gasteiger partial charge in [-0.3, -0.25) is 0 Å². The number of nitrogens with two attached hydrogens (primary N) is 1. The van der Waals surface area contributed by atoms with E-state index in [1.165, 1.54) is 0 Å². The molecule has 2 N–H and O–H groups in total. The lowest BCUT2D eigenvalue weighted by Crippen LogP contribution is -2.02. The van der Waals surface area contributed by atoms with Crippen molar-refractivity contribution in [1.82, 2.24) is 9.38 Å². The summed E-state index contributed by atoms with van der Waals surface area (Å²) < 4.78 is 7.46. The molecule has 2 aromatic rings. The predicted molar refractivity (Wildman–Crippen MR) is 59.1 cm³/mol. The molecule has 2 heterocycles. The zero-order valence-corrected chi connectivity index (χ0v) is 8.81. The Morgan fingerprint density at radius 3 is 3.13 bits per heavy atom. The molecule has 0 fully saturated rings. The van der Waals surface area contributed by atoms with E-state index in [-0.39, 0.29) is 0 Å². The van der Waals surface area contributed by atoms with E-state index in [9.17, 15) is 0 Å². The highest BCUT2D eigenvalue weighted by Crippen LogP contribution is 2.18. The molecule has 4 heteroatoms. The molecule has 0 atom stereocenters. The van der Waals surface area contributed by atoms with Crippen LogP contribution in [0.2, 0.25) is 0 Å². The van der Waals surface area contributed by atoms with Crippen molar-refractivity contribution >= 4 is 5.65 Å². The second kappa shape index (κ2) is 4.31. The summed E-state index contributed by atoms with van der Waals surface area (Å²) in [6.07, 6.45) is 4.75. The van der Waals surface area contributed by atoms with Gasteiger partial charge < -0.3 is 14.9 Å². The fourth-order valence-corrected chi connectivity index (χ4v) is 1.57. The van der Waals surface area contributed by atoms with Gasteiger partial charge in [-0.05, 0) is 25.6 Å². The molecule has 0 amide bonds. The van der Waals surface area contributed by atoms with Crippen LogP contribution >= 0.6 is 0 Å². The molecule has 2 rings (SSSR count). The molecule has 0 aliphatic carbocycles. The maximum Gasteiger partial charge on any atom is 0.179 e. The molecule has 0 aliphatic heterocycles. The van der Waals surface area contributed by atoms with E-state index >= 15 is 0 Å². The Balaban J connectivity index is 2.44. The Kier molecular flexibility index (Phi) is 2.87. The van der Waals surface area contributed by atoms with Crippen LogP contribution in [-0.4, -0.2) is 22.5 Å². The van der Waals surface area contributed by atoms with Gasteiger partial charge in [0.2, 0.25) is 0 Å². The predicted octanol–water partition coefficient (Wildman–Crippen LogP) is 1.23. The van der Waals surface area contributed by atoms with Gasteiger partial charge in [-0.15, -0.1) is 0 Å². The van der Waals surface area contributed by atoms with Crippen LogP contribution in [-0.2, 0) is 6.42 Å². The number of ether oxygens (including phenoxy) is 1. The van der Waals surface area contributed by atoms with E-state index in [4.69, 9.17) is 10.5 Å². The molecule has 0 radical (unpaired) electrons. The Morgan fingerprint density at radius 2 is 2.40 bits per heavy atom. The molecular weight excluding hydrogens is 190 g/mol. The van der Waals surface area contributed by atoms with Gasteiger partial charge in [-0.2, -0.15) is 0 Å². The highest BCUT2D eigenvalue weighted by atomic mass is 16.5. The number of fused-ring (bicyclic) bond motifs is 1. The number of imidazole rings is 1. The van der Waals surface area contributed by atoms with Crippen molar-refractivity contribution in [3.05, 3.63) is 30.2 Å². The molecule has 0 bridgehead atoms. The van der Waals surface area contributed by atoms with Crippen LogP contribution < -0.4 is 10.5 Å². The molecule has 0 aliphatic rings. The van der Waals surface area contributed by atoms with E-state index in [2.05, 4.69) is 4.98 Å². The first-order chi connectivity index (χ1) is 7.35. The average molecular weight is 205 g/mol. The third-order valence-electron chi connectivity index (χ3n) is 2.20. The summed E-state index contributed by atoms with van der Waals surface area (Å²) in [6.45, 7) is 3.24. The minimum Gasteiger partial charge on any atom is -0.490 e. The zero-order chi connectivity index (χ0) is 10.7. The van der Waals surface area contributed by atoms with Crippen molar-refractivity contribution < 1.29 is 4.74 Å². The fourth-order valence-electron chi connectivity index (χ4n) is 1.57. The lowest BCUT2D eigenvalue weighted by atomic mass is 10.3. The van der Waals surface area contributed by atoms with Crippen LogP contribution in [0.25, 0.3) is 5.65 Å². The van der Waals surface area contributed by atoms with Gasteiger partial charge in [0.05, 0.1) is 12.3 Å². The van der Waals surface area contributed by atoms with Crippen LogP contribution in [0, 0.1) is 0 Å².